The summed E-state index contributed by atoms with van der Waals surface area (Å²) >= 11 is 8.81. The van der Waals surface area contributed by atoms with Gasteiger partial charge in [0.25, 0.3) is 0 Å². The van der Waals surface area contributed by atoms with E-state index in [1.54, 1.807) is 27.7 Å². The van der Waals surface area contributed by atoms with Crippen LogP contribution in [0.1, 0.15) is 143 Å². The first-order valence-electron chi connectivity index (χ1n) is 43.4. The summed E-state index contributed by atoms with van der Waals surface area (Å²) in [4.78, 5) is 243. The van der Waals surface area contributed by atoms with Crippen molar-refractivity contribution < 1.29 is 112 Å². The summed E-state index contributed by atoms with van der Waals surface area (Å²) in [7, 11) is 0. The molecule has 0 radical (unpaired) electrons. The second-order valence-corrected chi connectivity index (χ2v) is 34.6. The lowest BCUT2D eigenvalue weighted by molar-refractivity contribution is -0.142. The van der Waals surface area contributed by atoms with Crippen molar-refractivity contribution in [2.75, 3.05) is 58.2 Å². The number of hydrogen-bond donors (Lipinski definition) is 31. The number of aromatic hydroxyl groups is 2. The summed E-state index contributed by atoms with van der Waals surface area (Å²) in [6.07, 6.45) is -5.54. The van der Waals surface area contributed by atoms with Gasteiger partial charge in [-0.3, -0.25) is 81.7 Å². The first-order valence-corrected chi connectivity index (χ1v) is 44.5. The molecular weight excluding hydrogens is 1770 g/mol. The SMILES string of the molecule is CC[C@H](C)[C@H](NC(=O)[C@@H]1C[C@@H](O)CN1C(=O)[C@@H](N)C(C)C)C(=O)N[C@H](C(=O)N[C@@H](Cc1ccc(O)cc1)C(=O)N[C@@H](CO)C(=O)N[C@@H](CC(N)=O)C(=O)N[C@@H](CCCN=C(N)N)C(=O)N[C@@H](CCN)C(=O)N[C@H](C(=O)N[C@H](CCN)C(=O)N[C@@H](CCCCN)C(=O)N[C@@H](CCN)C(=O)N[C@@H](CCCN)C(=O)N[C@@H](CS)C(=O)N[C@@H](Cc1ccc(O)cc1)C(=O)O)[C@@H](C)O)C(C)(C)S. The number of β-amino-alcohol motifs (C(OH)–C–C–N with tert-alkyl or cyclic N) is 1. The Labute approximate surface area is 775 Å². The highest BCUT2D eigenvalue weighted by atomic mass is 32.1. The van der Waals surface area contributed by atoms with Crippen molar-refractivity contribution in [3.8, 4) is 11.5 Å². The largest absolute Gasteiger partial charge is 0.508 e. The topological polar surface area (TPSA) is 830 Å². The molecule has 1 fully saturated rings. The molecule has 1 heterocycles. The molecule has 0 spiro atoms. The van der Waals surface area contributed by atoms with Gasteiger partial charge >= 0.3 is 5.97 Å². The molecule has 1 saturated heterocycles. The number of carbonyl (C=O) groups is 17. The van der Waals surface area contributed by atoms with Gasteiger partial charge in [-0.2, -0.15) is 25.3 Å². The molecule has 0 saturated carbocycles. The third-order valence-corrected chi connectivity index (χ3v) is 22.0. The van der Waals surface area contributed by atoms with Gasteiger partial charge in [0, 0.05) is 42.9 Å². The van der Waals surface area contributed by atoms with E-state index in [1.165, 1.54) is 62.4 Å². The minimum absolute atomic E-state index is 0.0270. The predicted molar refractivity (Wildman–Crippen MR) is 488 cm³/mol. The minimum atomic E-state index is -2.04. The molecule has 50 heteroatoms. The van der Waals surface area contributed by atoms with Gasteiger partial charge in [0.05, 0.1) is 31.3 Å². The van der Waals surface area contributed by atoms with Crippen molar-refractivity contribution in [2.24, 2.45) is 68.4 Å². The number of thiol groups is 2. The summed E-state index contributed by atoms with van der Waals surface area (Å²) in [5.74, 6) is -20.3. The van der Waals surface area contributed by atoms with Gasteiger partial charge in [0.15, 0.2) is 5.96 Å². The number of guanidine groups is 1. The number of carboxylic acids is 1. The smallest absolute Gasteiger partial charge is 0.326 e. The summed E-state index contributed by atoms with van der Waals surface area (Å²) in [6.45, 7) is 8.37. The number of nitrogens with zero attached hydrogens (tertiary/aromatic N) is 2. The lowest BCUT2D eigenvalue weighted by Gasteiger charge is -2.34. The average Bonchev–Trinajstić information content (AvgIpc) is 1.63. The van der Waals surface area contributed by atoms with Gasteiger partial charge in [0.1, 0.15) is 102 Å². The predicted octanol–water partition coefficient (Wildman–Crippen LogP) is -10.4. The van der Waals surface area contributed by atoms with Crippen LogP contribution in [0.2, 0.25) is 0 Å². The Morgan fingerprint density at radius 3 is 1.27 bits per heavy atom. The number of rotatable bonds is 60. The van der Waals surface area contributed by atoms with Crippen LogP contribution in [-0.4, -0.2) is 314 Å². The molecule has 0 aliphatic carbocycles. The second-order valence-electron chi connectivity index (χ2n) is 33.0. The van der Waals surface area contributed by atoms with Crippen LogP contribution in [0.4, 0.5) is 0 Å². The summed E-state index contributed by atoms with van der Waals surface area (Å²) in [5.41, 5.74) is 52.9. The second kappa shape index (κ2) is 57.8. The highest BCUT2D eigenvalue weighted by Gasteiger charge is 2.46. The Kier molecular flexibility index (Phi) is 50.3. The number of phenols is 2. The molecule has 38 N–H and O–H groups in total. The summed E-state index contributed by atoms with van der Waals surface area (Å²) < 4.78 is -1.48. The normalized spacial score (nSPS) is 16.9. The fourth-order valence-corrected chi connectivity index (χ4v) is 14.0. The van der Waals surface area contributed by atoms with Crippen LogP contribution in [0.3, 0.4) is 0 Å². The number of nitrogens with one attached hydrogen (secondary N) is 14. The molecule has 3 rings (SSSR count). The number of carbonyl (C=O) groups excluding carboxylic acids is 16. The Bertz CT molecular complexity index is 4210. The number of aliphatic imine (C=N–C) groups is 1. The number of phenolic OH excluding ortho intramolecular Hbond substituents is 2. The molecular formula is C82H137N25O23S2. The van der Waals surface area contributed by atoms with Gasteiger partial charge in [-0.05, 0) is 165 Å². The van der Waals surface area contributed by atoms with Crippen molar-refractivity contribution in [1.82, 2.24) is 79.3 Å². The Morgan fingerprint density at radius 1 is 0.477 bits per heavy atom. The van der Waals surface area contributed by atoms with E-state index in [-0.39, 0.29) is 139 Å². The molecule has 19 atom stereocenters. The molecule has 2 aromatic carbocycles. The number of carboxylic acid groups (broad SMARTS) is 1. The van der Waals surface area contributed by atoms with Gasteiger partial charge in [0.2, 0.25) is 94.5 Å². The first-order chi connectivity index (χ1) is 62.1. The van der Waals surface area contributed by atoms with Crippen LogP contribution < -0.4 is 126 Å². The third kappa shape index (κ3) is 38.8. The molecule has 0 unspecified atom stereocenters. The number of unbranched alkanes of at least 4 members (excludes halogenated alkanes) is 1. The number of hydrogen-bond acceptors (Lipinski definition) is 31. The zero-order valence-electron chi connectivity index (χ0n) is 75.2. The number of nitrogens with two attached hydrogens (primary N) is 9. The zero-order chi connectivity index (χ0) is 99.6. The third-order valence-electron chi connectivity index (χ3n) is 21.4. The molecule has 48 nitrogen and oxygen atoms in total. The standard InChI is InChI=1S/C82H137N25O23S2/c1-8-41(4)62(104-75(124)59-35-47(112)37-107(59)79(128)61(89)40(2)3)76(125)106-64(82(6,7)132)78(127)100-54(33-43-16-20-45(110)21-17-43)71(120)102-57(38-108)73(122)99-55(36-60(88)113)72(121)95-50(15-12-32-92-81(90)91)66(115)97-53(26-31-87)70(119)105-63(42(5)109)77(126)98-52(25-30-86)69(118)93-48(13-9-10-27-83)65(114)96-51(24-29-85)68(117)94-49(14-11-28-84)67(116)103-58(39-131)74(123)101-56(80(129)130)34-44-18-22-46(111)23-19-44/h16-23,40-42,47-59,61-64,108-112,131-132H,8-15,24-39,83-87,89H2,1-7H3,(H2,88,113)(H,93,118)(H,94,117)(H,95,121)(H,96,114)(H,97,115)(H,98,126)(H,99,122)(H,100,127)(H,101,123)(H,102,120)(H,103,116)(H,104,124)(H,105,119)(H,106,125)(H,129,130)(H4,90,91,92)/t41-,42+,47+,48-,49-,50-,51-,52+,53-,54-,55-,56-,57-,58-,59-,61-,62-,63-,64+/m0/s1. The molecule has 740 valence electrons. The molecule has 1 aliphatic heterocycles. The number of likely N-dealkylation sites (tertiary alicyclic amines) is 1. The van der Waals surface area contributed by atoms with Crippen molar-refractivity contribution in [1.29, 1.82) is 0 Å². The van der Waals surface area contributed by atoms with Crippen LogP contribution in [-0.2, 0) is 94.3 Å². The van der Waals surface area contributed by atoms with Crippen molar-refractivity contribution in [3.63, 3.8) is 0 Å². The highest BCUT2D eigenvalue weighted by molar-refractivity contribution is 7.81. The molecule has 16 amide bonds. The fourth-order valence-electron chi connectivity index (χ4n) is 13.5. The van der Waals surface area contributed by atoms with Gasteiger partial charge in [-0.15, -0.1) is 0 Å². The number of benzene rings is 2. The van der Waals surface area contributed by atoms with Gasteiger partial charge in [-0.25, -0.2) is 4.79 Å². The summed E-state index contributed by atoms with van der Waals surface area (Å²) in [5, 5.41) is 96.5. The van der Waals surface area contributed by atoms with E-state index in [1.807, 2.05) is 0 Å². The van der Waals surface area contributed by atoms with Crippen LogP contribution in [0, 0.1) is 11.8 Å². The minimum Gasteiger partial charge on any atom is -0.508 e. The van der Waals surface area contributed by atoms with E-state index >= 15 is 0 Å². The number of aliphatic hydroxyl groups excluding tert-OH is 3. The Hall–Kier alpha value is -11.4. The maximum Gasteiger partial charge on any atom is 0.326 e. The van der Waals surface area contributed by atoms with Crippen molar-refractivity contribution in [2.45, 2.75) is 258 Å². The molecule has 0 aromatic heterocycles. The lowest BCUT2D eigenvalue weighted by Crippen LogP contribution is -2.64. The van der Waals surface area contributed by atoms with Gasteiger partial charge < -0.3 is 162 Å². The van der Waals surface area contributed by atoms with E-state index in [0.29, 0.717) is 24.0 Å². The lowest BCUT2D eigenvalue weighted by atomic mass is 9.95. The molecule has 1 aliphatic rings. The number of amides is 16. The number of aliphatic carboxylic acids is 1. The van der Waals surface area contributed by atoms with E-state index in [0.717, 1.165) is 11.8 Å². The van der Waals surface area contributed by atoms with Gasteiger partial charge in [-0.1, -0.05) is 58.4 Å². The monoisotopic (exact) mass is 1900 g/mol. The number of aliphatic hydroxyl groups is 3. The van der Waals surface area contributed by atoms with Crippen LogP contribution in [0.25, 0.3) is 0 Å². The van der Waals surface area contributed by atoms with Crippen LogP contribution >= 0.6 is 25.3 Å². The van der Waals surface area contributed by atoms with E-state index in [9.17, 15) is 112 Å². The van der Waals surface area contributed by atoms with Crippen molar-refractivity contribution >= 4 is 132 Å². The Morgan fingerprint density at radius 2 is 0.856 bits per heavy atom. The Balaban J connectivity index is 1.91. The van der Waals surface area contributed by atoms with E-state index < -0.39 is 246 Å². The quantitative estimate of drug-likeness (QED) is 0.0127. The van der Waals surface area contributed by atoms with E-state index in [4.69, 9.17) is 51.6 Å². The van der Waals surface area contributed by atoms with E-state index in [2.05, 4.69) is 105 Å². The molecule has 132 heavy (non-hydrogen) atoms. The maximum atomic E-state index is 14.7. The summed E-state index contributed by atoms with van der Waals surface area (Å²) in [6, 6.07) is -14.7. The molecule has 2 aromatic rings. The highest BCUT2D eigenvalue weighted by Crippen LogP contribution is 2.25. The molecule has 0 bridgehead atoms. The zero-order valence-corrected chi connectivity index (χ0v) is 77.0. The van der Waals surface area contributed by atoms with Crippen LogP contribution in [0.5, 0.6) is 11.5 Å². The average molecular weight is 1910 g/mol. The van der Waals surface area contributed by atoms with Crippen molar-refractivity contribution in [3.05, 3.63) is 59.7 Å². The van der Waals surface area contributed by atoms with Crippen LogP contribution in [0.15, 0.2) is 53.5 Å². The number of primary amides is 1. The first kappa shape index (κ1) is 115. The fraction of sp³-hybridized carbons (Fsp3) is 0.634. The maximum absolute atomic E-state index is 14.7.